The monoisotopic (exact) mass is 312 g/mol. The molecule has 0 spiro atoms. The molecule has 0 atom stereocenters. The van der Waals surface area contributed by atoms with Gasteiger partial charge in [-0.1, -0.05) is 22.0 Å². The van der Waals surface area contributed by atoms with Crippen LogP contribution in [0.15, 0.2) is 28.7 Å². The average molecular weight is 313 g/mol. The summed E-state index contributed by atoms with van der Waals surface area (Å²) in [5.41, 5.74) is 0. The molecule has 0 aliphatic carbocycles. The van der Waals surface area contributed by atoms with Crippen LogP contribution in [0.4, 0.5) is 0 Å². The molecule has 60 valence electrons. The number of rotatable bonds is 1. The fraction of sp³-hybridized carbons (Fsp3) is 0. The predicted octanol–water partition coefficient (Wildman–Crippen LogP) is -7.07. The maximum absolute atomic E-state index is 10.4. The van der Waals surface area contributed by atoms with Gasteiger partial charge in [-0.25, -0.2) is 0 Å². The first kappa shape index (κ1) is 18.6. The molecular weight excluding hydrogens is 309 g/mol. The Kier molecular flexibility index (Phi) is 12.0. The van der Waals surface area contributed by atoms with Gasteiger partial charge in [0.25, 0.3) is 0 Å². The minimum absolute atomic E-state index is 0. The van der Waals surface area contributed by atoms with Crippen molar-refractivity contribution in [3.8, 4) is 0 Å². The van der Waals surface area contributed by atoms with E-state index in [-0.39, 0.29) is 108 Å². The third kappa shape index (κ3) is 7.25. The maximum atomic E-state index is 10.4. The van der Waals surface area contributed by atoms with Gasteiger partial charge in [-0.15, -0.1) is 7.94 Å². The Bertz CT molecular complexity index is 266. The SMILES string of the molecule is [K+].[K+].[O-][P+]([O-])([O-])c1cccc(Br)c1. The Morgan fingerprint density at radius 2 is 1.62 bits per heavy atom. The largest absolute Gasteiger partial charge is 1.00 e. The summed E-state index contributed by atoms with van der Waals surface area (Å²) in [7, 11) is -4.58. The van der Waals surface area contributed by atoms with Crippen LogP contribution in [0.3, 0.4) is 0 Å². The van der Waals surface area contributed by atoms with Crippen molar-refractivity contribution in [3.05, 3.63) is 28.7 Å². The first-order chi connectivity index (χ1) is 5.00. The molecule has 13 heavy (non-hydrogen) atoms. The molecule has 0 fully saturated rings. The molecule has 1 aromatic rings. The van der Waals surface area contributed by atoms with Gasteiger partial charge in [0.2, 0.25) is 0 Å². The molecular formula is C6H4BrK2O3P. The molecule has 0 N–H and O–H groups in total. The summed E-state index contributed by atoms with van der Waals surface area (Å²) in [6, 6.07) is 5.70. The third-order valence-electron chi connectivity index (χ3n) is 1.12. The van der Waals surface area contributed by atoms with E-state index < -0.39 is 7.94 Å². The number of benzene rings is 1. The van der Waals surface area contributed by atoms with Gasteiger partial charge in [-0.2, -0.15) is 0 Å². The topological polar surface area (TPSA) is 69.2 Å². The van der Waals surface area contributed by atoms with Crippen molar-refractivity contribution in [2.24, 2.45) is 0 Å². The van der Waals surface area contributed by atoms with Gasteiger partial charge in [0.1, 0.15) is 0 Å². The van der Waals surface area contributed by atoms with Crippen molar-refractivity contribution in [2.75, 3.05) is 0 Å². The molecule has 0 aromatic heterocycles. The Balaban J connectivity index is 0. The van der Waals surface area contributed by atoms with Gasteiger partial charge in [0.05, 0.1) is 5.30 Å². The molecule has 7 heteroatoms. The van der Waals surface area contributed by atoms with Gasteiger partial charge in [0.15, 0.2) is 0 Å². The fourth-order valence-electron chi connectivity index (χ4n) is 0.646. The van der Waals surface area contributed by atoms with Crippen molar-refractivity contribution in [2.45, 2.75) is 0 Å². The summed E-state index contributed by atoms with van der Waals surface area (Å²) in [6.07, 6.45) is 0. The zero-order valence-corrected chi connectivity index (χ0v) is 16.1. The van der Waals surface area contributed by atoms with E-state index in [4.69, 9.17) is 0 Å². The van der Waals surface area contributed by atoms with Gasteiger partial charge in [-0.3, -0.25) is 0 Å². The average Bonchev–Trinajstić information content (AvgIpc) is 1.86. The van der Waals surface area contributed by atoms with Crippen LogP contribution in [0.5, 0.6) is 0 Å². The molecule has 0 unspecified atom stereocenters. The van der Waals surface area contributed by atoms with Crippen molar-refractivity contribution < 1.29 is 117 Å². The molecule has 1 rings (SSSR count). The Morgan fingerprint density at radius 3 is 1.92 bits per heavy atom. The molecule has 0 heterocycles. The van der Waals surface area contributed by atoms with Crippen LogP contribution < -0.4 is 123 Å². The van der Waals surface area contributed by atoms with Crippen LogP contribution in [0.2, 0.25) is 0 Å². The summed E-state index contributed by atoms with van der Waals surface area (Å²) in [5, 5.41) is -0.188. The summed E-state index contributed by atoms with van der Waals surface area (Å²) < 4.78 is 0.585. The molecule has 0 bridgehead atoms. The van der Waals surface area contributed by atoms with Crippen molar-refractivity contribution in [1.82, 2.24) is 0 Å². The molecule has 3 nitrogen and oxygen atoms in total. The van der Waals surface area contributed by atoms with E-state index in [1.54, 1.807) is 6.07 Å². The molecule has 0 aliphatic rings. The standard InChI is InChI=1S/C6H6BrO3P.2K/c7-5-2-1-3-6(4-5)11(8,9)10;;/h1-4H,(H2,8,9,10);;/q;2*+1/p-2. The van der Waals surface area contributed by atoms with Crippen LogP contribution >= 0.6 is 23.9 Å². The van der Waals surface area contributed by atoms with Crippen LogP contribution in [-0.4, -0.2) is 0 Å². The fourth-order valence-corrected chi connectivity index (χ4v) is 1.79. The zero-order chi connectivity index (χ0) is 8.48. The second kappa shape index (κ2) is 8.38. The summed E-state index contributed by atoms with van der Waals surface area (Å²) >= 11 is 3.06. The maximum Gasteiger partial charge on any atom is 1.00 e. The summed E-state index contributed by atoms with van der Waals surface area (Å²) in [6.45, 7) is 0. The minimum atomic E-state index is -4.58. The van der Waals surface area contributed by atoms with Crippen molar-refractivity contribution in [1.29, 1.82) is 0 Å². The predicted molar refractivity (Wildman–Crippen MR) is 40.7 cm³/mol. The van der Waals surface area contributed by atoms with E-state index >= 15 is 0 Å². The van der Waals surface area contributed by atoms with Crippen LogP contribution in [0.1, 0.15) is 0 Å². The second-order valence-corrected chi connectivity index (χ2v) is 4.40. The van der Waals surface area contributed by atoms with Crippen molar-refractivity contribution >= 4 is 29.2 Å². The third-order valence-corrected chi connectivity index (χ3v) is 2.53. The van der Waals surface area contributed by atoms with E-state index in [9.17, 15) is 14.7 Å². The Morgan fingerprint density at radius 1 is 1.08 bits per heavy atom. The summed E-state index contributed by atoms with van der Waals surface area (Å²) in [5.74, 6) is 0. The van der Waals surface area contributed by atoms with Crippen LogP contribution in [0, 0.1) is 0 Å². The van der Waals surface area contributed by atoms with E-state index in [0.29, 0.717) is 4.47 Å². The molecule has 1 aromatic carbocycles. The molecule has 0 aliphatic heterocycles. The van der Waals surface area contributed by atoms with Gasteiger partial charge >= 0.3 is 103 Å². The Labute approximate surface area is 171 Å². The summed E-state index contributed by atoms with van der Waals surface area (Å²) in [4.78, 5) is 31.3. The quantitative estimate of drug-likeness (QED) is 0.382. The van der Waals surface area contributed by atoms with Crippen LogP contribution in [0.25, 0.3) is 0 Å². The smallest absolute Gasteiger partial charge is 0.683 e. The number of hydrogen-bond acceptors (Lipinski definition) is 3. The van der Waals surface area contributed by atoms with Gasteiger partial charge in [-0.05, 0) is 18.2 Å². The minimum Gasteiger partial charge on any atom is -0.683 e. The van der Waals surface area contributed by atoms with Crippen molar-refractivity contribution in [3.63, 3.8) is 0 Å². The number of hydrogen-bond donors (Lipinski definition) is 0. The van der Waals surface area contributed by atoms with E-state index in [1.165, 1.54) is 18.2 Å². The van der Waals surface area contributed by atoms with Crippen LogP contribution in [-0.2, 0) is 0 Å². The molecule has 0 radical (unpaired) electrons. The normalized spacial score (nSPS) is 9.85. The second-order valence-electron chi connectivity index (χ2n) is 1.98. The zero-order valence-electron chi connectivity index (χ0n) is 7.36. The molecule has 0 amide bonds. The van der Waals surface area contributed by atoms with E-state index in [1.807, 2.05) is 0 Å². The van der Waals surface area contributed by atoms with E-state index in [2.05, 4.69) is 15.9 Å². The molecule has 0 saturated carbocycles. The van der Waals surface area contributed by atoms with E-state index in [0.717, 1.165) is 0 Å². The molecule has 0 saturated heterocycles. The van der Waals surface area contributed by atoms with Gasteiger partial charge < -0.3 is 14.7 Å². The first-order valence-corrected chi connectivity index (χ1v) is 5.12. The first-order valence-electron chi connectivity index (χ1n) is 2.78. The number of halogens is 1. The Hall–Kier alpha value is 3.28. The van der Waals surface area contributed by atoms with Gasteiger partial charge in [0, 0.05) is 4.47 Å².